The predicted octanol–water partition coefficient (Wildman–Crippen LogP) is 2.44. The topological polar surface area (TPSA) is 65.8 Å². The third-order valence-corrected chi connectivity index (χ3v) is 6.02. The summed E-state index contributed by atoms with van der Waals surface area (Å²) in [5, 5.41) is 3.55. The zero-order chi connectivity index (χ0) is 17.6. The Hall–Kier alpha value is -1.83. The van der Waals surface area contributed by atoms with E-state index < -0.39 is 0 Å². The summed E-state index contributed by atoms with van der Waals surface area (Å²) in [6, 6.07) is 0.302. The van der Waals surface area contributed by atoms with Gasteiger partial charge in [-0.05, 0) is 35.2 Å². The Morgan fingerprint density at radius 3 is 2.76 bits per heavy atom. The molecule has 0 radical (unpaired) electrons. The second-order valence-corrected chi connectivity index (χ2v) is 7.51. The van der Waals surface area contributed by atoms with Gasteiger partial charge < -0.3 is 15.1 Å². The molecule has 1 aromatic heterocycles. The summed E-state index contributed by atoms with van der Waals surface area (Å²) in [5.41, 5.74) is 0.856. The van der Waals surface area contributed by atoms with E-state index in [0.29, 0.717) is 6.04 Å². The number of nitrogens with one attached hydrogen (secondary N) is 1. The van der Waals surface area contributed by atoms with Crippen LogP contribution in [0, 0.1) is 0 Å². The summed E-state index contributed by atoms with van der Waals surface area (Å²) in [5.74, 6) is 1.17. The molecular weight excluding hydrogens is 384 g/mol. The molecule has 25 heavy (non-hydrogen) atoms. The molecule has 1 fully saturated rings. The zero-order valence-corrected chi connectivity index (χ0v) is 16.1. The lowest BCUT2D eigenvalue weighted by molar-refractivity contribution is -0.136. The van der Waals surface area contributed by atoms with Crippen molar-refractivity contribution in [2.75, 3.05) is 7.05 Å². The maximum Gasteiger partial charge on any atom is 0.249 e. The summed E-state index contributed by atoms with van der Waals surface area (Å²) in [7, 11) is 1.84. The summed E-state index contributed by atoms with van der Waals surface area (Å²) in [6.45, 7) is 2.09. The lowest BCUT2D eigenvalue weighted by atomic mass is 10.0. The number of likely N-dealkylation sites (N-methyl/N-ethyl adjacent to an activating group) is 1. The molecule has 134 valence electrons. The van der Waals surface area contributed by atoms with Crippen LogP contribution in [0.5, 0.6) is 0 Å². The van der Waals surface area contributed by atoms with E-state index in [2.05, 4.69) is 43.0 Å². The fourth-order valence-electron chi connectivity index (χ4n) is 4.11. The molecule has 4 rings (SSSR count). The monoisotopic (exact) mass is 406 g/mol. The van der Waals surface area contributed by atoms with E-state index in [-0.39, 0.29) is 18.2 Å². The highest BCUT2D eigenvalue weighted by molar-refractivity contribution is 9.10. The minimum Gasteiger partial charge on any atom is -0.342 e. The lowest BCUT2D eigenvalue weighted by Gasteiger charge is -2.47. The van der Waals surface area contributed by atoms with E-state index in [1.54, 1.807) is 11.1 Å². The van der Waals surface area contributed by atoms with Crippen molar-refractivity contribution in [3.63, 3.8) is 0 Å². The van der Waals surface area contributed by atoms with Gasteiger partial charge in [-0.1, -0.05) is 19.8 Å². The Bertz CT molecular complexity index is 735. The van der Waals surface area contributed by atoms with Crippen molar-refractivity contribution in [2.24, 2.45) is 4.99 Å². The Morgan fingerprint density at radius 2 is 2.12 bits per heavy atom. The van der Waals surface area contributed by atoms with Crippen LogP contribution in [0.2, 0.25) is 0 Å². The molecule has 7 nitrogen and oxygen atoms in total. The molecule has 0 aromatic carbocycles. The molecule has 2 aliphatic heterocycles. The molecule has 8 heteroatoms. The largest absolute Gasteiger partial charge is 0.342 e. The molecule has 1 aromatic rings. The third-order valence-electron chi connectivity index (χ3n) is 5.41. The van der Waals surface area contributed by atoms with E-state index in [9.17, 15) is 4.79 Å². The molecule has 1 aliphatic carbocycles. The van der Waals surface area contributed by atoms with Crippen LogP contribution in [-0.2, 0) is 4.79 Å². The van der Waals surface area contributed by atoms with Gasteiger partial charge in [0.2, 0.25) is 12.2 Å². The standard InChI is InChI=1S/C17H23BrN6O/c1-3-12-15(25)22(2)13-10-20-17(23-9-8-19-16(23)18)21-14(13)24(12)11-6-4-5-7-11/h8-12,17,21H,3-7H2,1-2H3. The number of rotatable bonds is 3. The van der Waals surface area contributed by atoms with Gasteiger partial charge in [0, 0.05) is 25.5 Å². The minimum atomic E-state index is -0.265. The first-order valence-electron chi connectivity index (χ1n) is 8.90. The SMILES string of the molecule is CCC1C(=O)N(C)C2=C(NC(n3ccnc3Br)N=C2)N1C1CCCC1. The predicted molar refractivity (Wildman–Crippen MR) is 98.6 cm³/mol. The molecule has 3 aliphatic rings. The third kappa shape index (κ3) is 2.67. The first-order valence-corrected chi connectivity index (χ1v) is 9.69. The summed E-state index contributed by atoms with van der Waals surface area (Å²) < 4.78 is 2.66. The highest BCUT2D eigenvalue weighted by Crippen LogP contribution is 2.35. The second-order valence-electron chi connectivity index (χ2n) is 6.80. The molecule has 2 atom stereocenters. The number of aromatic nitrogens is 2. The number of imidazole rings is 1. The average Bonchev–Trinajstić information content (AvgIpc) is 3.29. The number of halogens is 1. The first-order chi connectivity index (χ1) is 12.1. The van der Waals surface area contributed by atoms with Crippen molar-refractivity contribution >= 4 is 28.1 Å². The number of carbonyl (C=O) groups is 1. The molecule has 3 heterocycles. The normalized spacial score (nSPS) is 27.1. The molecular formula is C17H23BrN6O. The molecule has 0 spiro atoms. The maximum absolute atomic E-state index is 12.9. The van der Waals surface area contributed by atoms with E-state index in [4.69, 9.17) is 0 Å². The zero-order valence-electron chi connectivity index (χ0n) is 14.5. The maximum atomic E-state index is 12.9. The number of allylic oxidation sites excluding steroid dienone is 1. The average molecular weight is 407 g/mol. The van der Waals surface area contributed by atoms with Crippen molar-refractivity contribution < 1.29 is 4.79 Å². The van der Waals surface area contributed by atoms with Gasteiger partial charge >= 0.3 is 0 Å². The van der Waals surface area contributed by atoms with Gasteiger partial charge in [0.1, 0.15) is 17.6 Å². The summed E-state index contributed by atoms with van der Waals surface area (Å²) in [4.78, 5) is 25.8. The van der Waals surface area contributed by atoms with E-state index in [1.807, 2.05) is 24.0 Å². The van der Waals surface area contributed by atoms with Gasteiger partial charge in [0.25, 0.3) is 0 Å². The number of amides is 1. The van der Waals surface area contributed by atoms with E-state index in [0.717, 1.165) is 35.5 Å². The van der Waals surface area contributed by atoms with Crippen LogP contribution in [-0.4, -0.2) is 50.6 Å². The van der Waals surface area contributed by atoms with Crippen molar-refractivity contribution in [2.45, 2.75) is 57.4 Å². The molecule has 1 saturated carbocycles. The number of hydrogen-bond donors (Lipinski definition) is 1. The number of carbonyl (C=O) groups excluding carboxylic acids is 1. The lowest BCUT2D eigenvalue weighted by Crippen LogP contribution is -2.59. The Kier molecular flexibility index (Phi) is 4.31. The second kappa shape index (κ2) is 6.48. The summed E-state index contributed by atoms with van der Waals surface area (Å²) >= 11 is 3.46. The molecule has 2 unspecified atom stereocenters. The number of aliphatic imine (C=N–C) groups is 1. The van der Waals surface area contributed by atoms with E-state index in [1.165, 1.54) is 12.8 Å². The van der Waals surface area contributed by atoms with Crippen LogP contribution in [0.1, 0.15) is 45.3 Å². The van der Waals surface area contributed by atoms with Crippen LogP contribution in [0.25, 0.3) is 0 Å². The van der Waals surface area contributed by atoms with Crippen molar-refractivity contribution in [1.29, 1.82) is 0 Å². The van der Waals surface area contributed by atoms with Crippen LogP contribution in [0.3, 0.4) is 0 Å². The van der Waals surface area contributed by atoms with Gasteiger partial charge in [-0.15, -0.1) is 0 Å². The Labute approximate surface area is 155 Å². The van der Waals surface area contributed by atoms with Gasteiger partial charge in [-0.3, -0.25) is 9.36 Å². The van der Waals surface area contributed by atoms with Gasteiger partial charge in [0.05, 0.1) is 6.21 Å². The van der Waals surface area contributed by atoms with Gasteiger partial charge in [0.15, 0.2) is 4.73 Å². The van der Waals surface area contributed by atoms with Crippen LogP contribution in [0.15, 0.2) is 33.6 Å². The molecule has 0 bridgehead atoms. The first kappa shape index (κ1) is 16.6. The minimum absolute atomic E-state index is 0.113. The highest BCUT2D eigenvalue weighted by atomic mass is 79.9. The van der Waals surface area contributed by atoms with Crippen LogP contribution < -0.4 is 5.32 Å². The van der Waals surface area contributed by atoms with E-state index >= 15 is 0 Å². The molecule has 1 N–H and O–H groups in total. The van der Waals surface area contributed by atoms with Crippen molar-refractivity contribution in [3.8, 4) is 0 Å². The quantitative estimate of drug-likeness (QED) is 0.836. The number of nitrogens with zero attached hydrogens (tertiary/aromatic N) is 5. The van der Waals surface area contributed by atoms with Crippen LogP contribution >= 0.6 is 15.9 Å². The molecule has 1 amide bonds. The van der Waals surface area contributed by atoms with Crippen molar-refractivity contribution in [3.05, 3.63) is 28.6 Å². The number of hydrogen-bond acceptors (Lipinski definition) is 5. The highest BCUT2D eigenvalue weighted by Gasteiger charge is 2.42. The molecule has 0 saturated heterocycles. The smallest absolute Gasteiger partial charge is 0.249 e. The van der Waals surface area contributed by atoms with Gasteiger partial charge in [-0.2, -0.15) is 0 Å². The fraction of sp³-hybridized carbons (Fsp3) is 0.588. The fourth-order valence-corrected chi connectivity index (χ4v) is 4.54. The van der Waals surface area contributed by atoms with Crippen molar-refractivity contribution in [1.82, 2.24) is 24.7 Å². The van der Waals surface area contributed by atoms with Crippen LogP contribution in [0.4, 0.5) is 0 Å². The Morgan fingerprint density at radius 1 is 1.36 bits per heavy atom. The van der Waals surface area contributed by atoms with Gasteiger partial charge in [-0.25, -0.2) is 9.98 Å². The Balaban J connectivity index is 1.73. The summed E-state index contributed by atoms with van der Waals surface area (Å²) in [6.07, 6.45) is 10.7.